The monoisotopic (exact) mass is 453 g/mol. The van der Waals surface area contributed by atoms with Crippen molar-refractivity contribution < 1.29 is 0 Å². The normalized spacial score (nSPS) is 12.5. The third-order valence-corrected chi connectivity index (χ3v) is 9.44. The first-order valence-electron chi connectivity index (χ1n) is 10.7. The Morgan fingerprint density at radius 2 is 1.72 bits per heavy atom. The molecule has 0 aliphatic heterocycles. The van der Waals surface area contributed by atoms with Crippen molar-refractivity contribution in [2.45, 2.75) is 33.5 Å². The minimum atomic E-state index is -1.59. The molecule has 2 aromatic carbocycles. The Kier molecular flexibility index (Phi) is 4.07. The van der Waals surface area contributed by atoms with Gasteiger partial charge < -0.3 is 0 Å². The van der Waals surface area contributed by atoms with Gasteiger partial charge in [-0.3, -0.25) is 4.40 Å². The van der Waals surface area contributed by atoms with E-state index < -0.39 is 8.07 Å². The lowest BCUT2D eigenvalue weighted by molar-refractivity contribution is 1.14. The number of hydrogen-bond donors (Lipinski definition) is 0. The van der Waals surface area contributed by atoms with Crippen LogP contribution < -0.4 is 5.19 Å². The van der Waals surface area contributed by atoms with Crippen molar-refractivity contribution in [3.05, 3.63) is 60.2 Å². The Balaban J connectivity index is 1.69. The van der Waals surface area contributed by atoms with E-state index in [9.17, 15) is 0 Å². The molecule has 0 saturated heterocycles. The molecule has 32 heavy (non-hydrogen) atoms. The maximum Gasteiger partial charge on any atom is 0.235 e. The molecule has 4 heterocycles. The van der Waals surface area contributed by atoms with Gasteiger partial charge in [-0.25, -0.2) is 19.9 Å². The summed E-state index contributed by atoms with van der Waals surface area (Å²) < 4.78 is 3.11. The quantitative estimate of drug-likeness (QED) is 0.308. The Morgan fingerprint density at radius 3 is 2.53 bits per heavy atom. The van der Waals surface area contributed by atoms with E-state index in [1.165, 1.54) is 27.1 Å². The van der Waals surface area contributed by atoms with E-state index >= 15 is 0 Å². The van der Waals surface area contributed by atoms with Crippen LogP contribution in [0.1, 0.15) is 11.1 Å². The third kappa shape index (κ3) is 2.81. The Hall–Kier alpha value is -3.16. The number of fused-ring (bicyclic) bond motifs is 6. The van der Waals surface area contributed by atoms with Crippen LogP contribution in [0.4, 0.5) is 0 Å². The average molecular weight is 454 g/mol. The first kappa shape index (κ1) is 19.5. The van der Waals surface area contributed by atoms with Crippen molar-refractivity contribution in [3.8, 4) is 11.3 Å². The van der Waals surface area contributed by atoms with Gasteiger partial charge in [-0.1, -0.05) is 43.0 Å². The van der Waals surface area contributed by atoms with Crippen LogP contribution in [0.15, 0.2) is 49.1 Å². The van der Waals surface area contributed by atoms with Crippen molar-refractivity contribution in [1.82, 2.24) is 24.3 Å². The fourth-order valence-corrected chi connectivity index (χ4v) is 7.25. The van der Waals surface area contributed by atoms with Crippen molar-refractivity contribution in [1.29, 1.82) is 0 Å². The number of thiophene rings is 1. The second-order valence-corrected chi connectivity index (χ2v) is 15.5. The lowest BCUT2D eigenvalue weighted by Crippen LogP contribution is -2.38. The molecule has 0 unspecified atom stereocenters. The van der Waals surface area contributed by atoms with Gasteiger partial charge in [0.05, 0.1) is 18.5 Å². The number of hydrogen-bond acceptors (Lipinski definition) is 5. The van der Waals surface area contributed by atoms with Crippen molar-refractivity contribution in [2.75, 3.05) is 0 Å². The van der Waals surface area contributed by atoms with Crippen LogP contribution in [0, 0.1) is 13.8 Å². The Bertz CT molecular complexity index is 1690. The predicted molar refractivity (Wildman–Crippen MR) is 137 cm³/mol. The van der Waals surface area contributed by atoms with Gasteiger partial charge in [0, 0.05) is 18.0 Å². The van der Waals surface area contributed by atoms with E-state index in [2.05, 4.69) is 67.7 Å². The van der Waals surface area contributed by atoms with Crippen LogP contribution in [-0.2, 0) is 0 Å². The lowest BCUT2D eigenvalue weighted by atomic mass is 9.99. The number of aryl methyl sites for hydroxylation is 2. The third-order valence-electron chi connectivity index (χ3n) is 6.24. The summed E-state index contributed by atoms with van der Waals surface area (Å²) in [6, 6.07) is 11.3. The summed E-state index contributed by atoms with van der Waals surface area (Å²) in [5.41, 5.74) is 6.59. The summed E-state index contributed by atoms with van der Waals surface area (Å²) in [7, 11) is -1.59. The molecule has 0 radical (unpaired) electrons. The van der Waals surface area contributed by atoms with Gasteiger partial charge >= 0.3 is 0 Å². The smallest absolute Gasteiger partial charge is 0.235 e. The standard InChI is InChI=1S/C25H23N5SSi/c1-14-9-16-11-17(12-19(32(3,4)5)18(16)10-15(14)2)20-23-21(28-13-27-20)22-24(31-23)30-8-6-7-26-25(30)29-22/h6-13H,1-5H3. The van der Waals surface area contributed by atoms with Crippen molar-refractivity contribution in [2.24, 2.45) is 0 Å². The molecule has 0 atom stereocenters. The van der Waals surface area contributed by atoms with Gasteiger partial charge in [-0.2, -0.15) is 0 Å². The minimum absolute atomic E-state index is 0.702. The molecule has 4 aromatic heterocycles. The van der Waals surface area contributed by atoms with Gasteiger partial charge in [0.2, 0.25) is 5.78 Å². The highest BCUT2D eigenvalue weighted by molar-refractivity contribution is 7.25. The van der Waals surface area contributed by atoms with E-state index in [-0.39, 0.29) is 0 Å². The Morgan fingerprint density at radius 1 is 0.906 bits per heavy atom. The highest BCUT2D eigenvalue weighted by atomic mass is 32.1. The molecule has 0 fully saturated rings. The summed E-state index contributed by atoms with van der Waals surface area (Å²) in [5, 5.41) is 4.13. The molecule has 7 heteroatoms. The molecule has 0 bridgehead atoms. The van der Waals surface area contributed by atoms with Crippen LogP contribution in [0.25, 0.3) is 48.4 Å². The largest absolute Gasteiger partial charge is 0.275 e. The zero-order chi connectivity index (χ0) is 22.2. The lowest BCUT2D eigenvalue weighted by Gasteiger charge is -2.22. The van der Waals surface area contributed by atoms with E-state index in [1.54, 1.807) is 23.9 Å². The molecule has 158 valence electrons. The number of aromatic nitrogens is 5. The average Bonchev–Trinajstić information content (AvgIpc) is 3.29. The van der Waals surface area contributed by atoms with Crippen LogP contribution in [0.5, 0.6) is 0 Å². The fourth-order valence-electron chi connectivity index (χ4n) is 4.45. The maximum atomic E-state index is 4.76. The van der Waals surface area contributed by atoms with E-state index in [4.69, 9.17) is 9.97 Å². The number of rotatable bonds is 2. The van der Waals surface area contributed by atoms with E-state index in [0.717, 1.165) is 31.8 Å². The van der Waals surface area contributed by atoms with Gasteiger partial charge in [-0.15, -0.1) is 11.3 Å². The fraction of sp³-hybridized carbons (Fsp3) is 0.200. The second kappa shape index (κ2) is 6.67. The molecule has 5 nitrogen and oxygen atoms in total. The molecule has 0 spiro atoms. The molecule has 6 rings (SSSR count). The summed E-state index contributed by atoms with van der Waals surface area (Å²) in [5.74, 6) is 0.702. The first-order valence-corrected chi connectivity index (χ1v) is 15.0. The molecule has 0 amide bonds. The molecular weight excluding hydrogens is 430 g/mol. The van der Waals surface area contributed by atoms with Crippen LogP contribution in [0.2, 0.25) is 19.6 Å². The van der Waals surface area contributed by atoms with Gasteiger partial charge in [0.15, 0.2) is 0 Å². The minimum Gasteiger partial charge on any atom is -0.275 e. The maximum absolute atomic E-state index is 4.76. The molecule has 0 N–H and O–H groups in total. The van der Waals surface area contributed by atoms with Crippen LogP contribution in [-0.4, -0.2) is 32.4 Å². The number of imidazole rings is 1. The number of nitrogens with zero attached hydrogens (tertiary/aromatic N) is 5. The molecular formula is C25H23N5SSi. The highest BCUT2D eigenvalue weighted by Gasteiger charge is 2.23. The summed E-state index contributed by atoms with van der Waals surface area (Å²) >= 11 is 1.69. The Labute approximate surface area is 190 Å². The van der Waals surface area contributed by atoms with Crippen molar-refractivity contribution in [3.63, 3.8) is 0 Å². The summed E-state index contributed by atoms with van der Waals surface area (Å²) in [4.78, 5) is 19.6. The summed E-state index contributed by atoms with van der Waals surface area (Å²) in [6.45, 7) is 11.6. The van der Waals surface area contributed by atoms with Gasteiger partial charge in [0.25, 0.3) is 0 Å². The SMILES string of the molecule is Cc1cc2cc(-c3ncnc4c3sc3c4nc4ncccn43)cc([Si](C)(C)C)c2cc1C. The van der Waals surface area contributed by atoms with E-state index in [0.29, 0.717) is 5.78 Å². The van der Waals surface area contributed by atoms with Crippen LogP contribution in [0.3, 0.4) is 0 Å². The second-order valence-electron chi connectivity index (χ2n) is 9.49. The highest BCUT2D eigenvalue weighted by Crippen LogP contribution is 2.38. The van der Waals surface area contributed by atoms with Gasteiger partial charge in [-0.05, 0) is 47.9 Å². The van der Waals surface area contributed by atoms with Crippen molar-refractivity contribution >= 4 is 61.7 Å². The molecule has 0 aliphatic rings. The number of benzene rings is 2. The first-order chi connectivity index (χ1) is 15.3. The zero-order valence-corrected chi connectivity index (χ0v) is 20.6. The zero-order valence-electron chi connectivity index (χ0n) is 18.8. The predicted octanol–water partition coefficient (Wildman–Crippen LogP) is 5.87. The van der Waals surface area contributed by atoms with Gasteiger partial charge in [0.1, 0.15) is 22.2 Å². The summed E-state index contributed by atoms with van der Waals surface area (Å²) in [6.07, 6.45) is 5.44. The topological polar surface area (TPSA) is 56.0 Å². The molecule has 0 aliphatic carbocycles. The molecule has 0 saturated carbocycles. The van der Waals surface area contributed by atoms with Crippen LogP contribution >= 0.6 is 11.3 Å². The van der Waals surface area contributed by atoms with E-state index in [1.807, 2.05) is 16.7 Å². The molecule has 6 aromatic rings.